The van der Waals surface area contributed by atoms with Crippen molar-refractivity contribution in [2.24, 2.45) is 0 Å². The summed E-state index contributed by atoms with van der Waals surface area (Å²) in [6.45, 7) is 4.72. The van der Waals surface area contributed by atoms with E-state index in [2.05, 4.69) is 30.8 Å². The largest absolute Gasteiger partial charge is 0.573 e. The Morgan fingerprint density at radius 2 is 1.71 bits per heavy atom. The van der Waals surface area contributed by atoms with E-state index in [1.165, 1.54) is 47.4 Å². The summed E-state index contributed by atoms with van der Waals surface area (Å²) in [4.78, 5) is 16.4. The fraction of sp³-hybridized carbons (Fsp3) is 0.300. The van der Waals surface area contributed by atoms with Crippen LogP contribution in [-0.2, 0) is 6.42 Å². The van der Waals surface area contributed by atoms with Gasteiger partial charge in [-0.05, 0) is 78.8 Å². The second-order valence-electron chi connectivity index (χ2n) is 9.88. The number of rotatable bonds is 12. The summed E-state index contributed by atoms with van der Waals surface area (Å²) in [7, 11) is 0. The van der Waals surface area contributed by atoms with Gasteiger partial charge in [0.1, 0.15) is 17.9 Å². The zero-order valence-electron chi connectivity index (χ0n) is 23.2. The molecule has 0 aliphatic carbocycles. The first-order valence-corrected chi connectivity index (χ1v) is 13.5. The molecule has 0 saturated carbocycles. The lowest BCUT2D eigenvalue weighted by atomic mass is 10.0. The van der Waals surface area contributed by atoms with E-state index in [-0.39, 0.29) is 30.2 Å². The van der Waals surface area contributed by atoms with Gasteiger partial charge in [0.15, 0.2) is 5.82 Å². The molecule has 0 aliphatic heterocycles. The summed E-state index contributed by atoms with van der Waals surface area (Å²) in [5, 5.41) is 13.1. The molecule has 0 unspecified atom stereocenters. The first-order valence-electron chi connectivity index (χ1n) is 13.5. The third-order valence-electron chi connectivity index (χ3n) is 6.38. The van der Waals surface area contributed by atoms with Gasteiger partial charge in [-0.15, -0.1) is 18.3 Å². The topological polar surface area (TPSA) is 93.1 Å². The number of nitrogens with one attached hydrogen (secondary N) is 3. The molecule has 0 radical (unpaired) electrons. The van der Waals surface area contributed by atoms with Crippen molar-refractivity contribution in [1.29, 1.82) is 0 Å². The molecule has 0 aliphatic rings. The van der Waals surface area contributed by atoms with Crippen LogP contribution in [0.4, 0.5) is 28.0 Å². The maximum absolute atomic E-state index is 13.5. The number of carbonyl (C=O) groups excluding carboxylic acids is 1. The van der Waals surface area contributed by atoms with Gasteiger partial charge in [-0.25, -0.2) is 18.9 Å². The molecule has 4 rings (SSSR count). The number of alkyl halides is 3. The van der Waals surface area contributed by atoms with Crippen molar-refractivity contribution in [1.82, 2.24) is 25.4 Å². The van der Waals surface area contributed by atoms with Crippen LogP contribution in [0.3, 0.4) is 0 Å². The van der Waals surface area contributed by atoms with E-state index in [0.29, 0.717) is 18.1 Å². The Bertz CT molecular complexity index is 1450. The monoisotopic (exact) mass is 584 g/mol. The van der Waals surface area contributed by atoms with Crippen molar-refractivity contribution in [3.05, 3.63) is 90.0 Å². The Kier molecular flexibility index (Phi) is 10.00. The molecule has 3 N–H and O–H groups in total. The first kappa shape index (κ1) is 30.4. The second kappa shape index (κ2) is 13.8. The molecule has 4 aromatic rings. The number of carbonyl (C=O) groups is 1. The Morgan fingerprint density at radius 1 is 0.976 bits per heavy atom. The van der Waals surface area contributed by atoms with Crippen LogP contribution in [0, 0.1) is 5.82 Å². The molecule has 8 nitrogen and oxygen atoms in total. The standard InChI is InChI=1S/C30H32F4N6O2/c1-20(2)26-17-23(31)10-15-27(26)36-18-37-29(41)35-16-4-3-5-21-6-8-22(9-7-21)28-38-19-40(39-28)24-11-13-25(14-12-24)42-30(32,33)34/h6-15,17,19-20,36H,3-5,16,18H2,1-2H3,(H2,35,37,41). The minimum Gasteiger partial charge on any atom is -0.406 e. The van der Waals surface area contributed by atoms with Gasteiger partial charge in [-0.1, -0.05) is 38.1 Å². The molecule has 2 amide bonds. The van der Waals surface area contributed by atoms with E-state index in [4.69, 9.17) is 0 Å². The number of hydrogen-bond donors (Lipinski definition) is 3. The number of anilines is 1. The molecule has 222 valence electrons. The first-order chi connectivity index (χ1) is 20.1. The predicted molar refractivity (Wildman–Crippen MR) is 152 cm³/mol. The number of halogens is 4. The summed E-state index contributed by atoms with van der Waals surface area (Å²) in [5.74, 6) is 0.0374. The summed E-state index contributed by atoms with van der Waals surface area (Å²) < 4.78 is 56.0. The average Bonchev–Trinajstić information content (AvgIpc) is 3.44. The Labute approximate surface area is 241 Å². The van der Waals surface area contributed by atoms with Gasteiger partial charge in [0.05, 0.1) is 12.4 Å². The Morgan fingerprint density at radius 3 is 2.40 bits per heavy atom. The number of amides is 2. The van der Waals surface area contributed by atoms with Gasteiger partial charge in [0.2, 0.25) is 0 Å². The average molecular weight is 585 g/mol. The minimum atomic E-state index is -4.74. The fourth-order valence-corrected chi connectivity index (χ4v) is 4.25. The van der Waals surface area contributed by atoms with Gasteiger partial charge in [0.25, 0.3) is 0 Å². The number of benzene rings is 3. The summed E-state index contributed by atoms with van der Waals surface area (Å²) >= 11 is 0. The number of unbranched alkanes of at least 4 members (excludes halogenated alkanes) is 1. The van der Waals surface area contributed by atoms with Crippen molar-refractivity contribution in [3.63, 3.8) is 0 Å². The highest BCUT2D eigenvalue weighted by molar-refractivity contribution is 5.74. The van der Waals surface area contributed by atoms with Crippen LogP contribution in [0.5, 0.6) is 5.75 Å². The van der Waals surface area contributed by atoms with E-state index in [9.17, 15) is 22.4 Å². The van der Waals surface area contributed by atoms with E-state index >= 15 is 0 Å². The predicted octanol–water partition coefficient (Wildman–Crippen LogP) is 6.79. The molecule has 1 heterocycles. The molecule has 0 atom stereocenters. The zero-order chi connectivity index (χ0) is 30.1. The molecule has 42 heavy (non-hydrogen) atoms. The SMILES string of the molecule is CC(C)c1cc(F)ccc1NCNC(=O)NCCCCc1ccc(-c2ncn(-c3ccc(OC(F)(F)F)cc3)n2)cc1. The molecule has 0 bridgehead atoms. The number of urea groups is 1. The lowest BCUT2D eigenvalue weighted by Gasteiger charge is -2.15. The second-order valence-corrected chi connectivity index (χ2v) is 9.88. The maximum atomic E-state index is 13.5. The van der Waals surface area contributed by atoms with Gasteiger partial charge in [0, 0.05) is 17.8 Å². The molecular weight excluding hydrogens is 552 g/mol. The number of hydrogen-bond acceptors (Lipinski definition) is 5. The summed E-state index contributed by atoms with van der Waals surface area (Å²) in [5.41, 5.74) is 4.12. The van der Waals surface area contributed by atoms with Crippen molar-refractivity contribution in [3.8, 4) is 22.8 Å². The van der Waals surface area contributed by atoms with Crippen LogP contribution < -0.4 is 20.7 Å². The van der Waals surface area contributed by atoms with Crippen LogP contribution >= 0.6 is 0 Å². The summed E-state index contributed by atoms with van der Waals surface area (Å²) in [6.07, 6.45) is -0.732. The fourth-order valence-electron chi connectivity index (χ4n) is 4.25. The van der Waals surface area contributed by atoms with E-state index in [1.54, 1.807) is 6.07 Å². The number of nitrogens with zero attached hydrogens (tertiary/aromatic N) is 3. The van der Waals surface area contributed by atoms with Gasteiger partial charge < -0.3 is 20.7 Å². The molecule has 0 saturated heterocycles. The zero-order valence-corrected chi connectivity index (χ0v) is 23.2. The van der Waals surface area contributed by atoms with E-state index in [0.717, 1.165) is 41.6 Å². The number of aryl methyl sites for hydroxylation is 1. The minimum absolute atomic E-state index is 0.146. The van der Waals surface area contributed by atoms with Crippen LogP contribution in [-0.4, -0.2) is 40.4 Å². The van der Waals surface area contributed by atoms with Crippen LogP contribution in [0.2, 0.25) is 0 Å². The highest BCUT2D eigenvalue weighted by Gasteiger charge is 2.31. The molecule has 12 heteroatoms. The van der Waals surface area contributed by atoms with Gasteiger partial charge in [-0.3, -0.25) is 0 Å². The van der Waals surface area contributed by atoms with E-state index < -0.39 is 6.36 Å². The van der Waals surface area contributed by atoms with Crippen molar-refractivity contribution in [2.45, 2.75) is 45.4 Å². The third-order valence-corrected chi connectivity index (χ3v) is 6.38. The van der Waals surface area contributed by atoms with E-state index in [1.807, 2.05) is 38.1 Å². The van der Waals surface area contributed by atoms with Crippen LogP contribution in [0.25, 0.3) is 17.1 Å². The Hall–Kier alpha value is -4.61. The normalized spacial score (nSPS) is 11.4. The van der Waals surface area contributed by atoms with Gasteiger partial charge in [-0.2, -0.15) is 0 Å². The molecule has 1 aromatic heterocycles. The smallest absolute Gasteiger partial charge is 0.406 e. The number of aromatic nitrogens is 3. The molecule has 0 spiro atoms. The quantitative estimate of drug-likeness (QED) is 0.0969. The molecule has 3 aromatic carbocycles. The third kappa shape index (κ3) is 8.95. The molecular formula is C30H32F4N6O2. The highest BCUT2D eigenvalue weighted by atomic mass is 19.4. The summed E-state index contributed by atoms with van der Waals surface area (Å²) in [6, 6.07) is 17.5. The molecule has 0 fully saturated rings. The van der Waals surface area contributed by atoms with Crippen molar-refractivity contribution >= 4 is 11.7 Å². The lowest BCUT2D eigenvalue weighted by Crippen LogP contribution is -2.38. The van der Waals surface area contributed by atoms with Crippen LogP contribution in [0.1, 0.15) is 43.7 Å². The lowest BCUT2D eigenvalue weighted by molar-refractivity contribution is -0.274. The Balaban J connectivity index is 1.16. The maximum Gasteiger partial charge on any atom is 0.573 e. The van der Waals surface area contributed by atoms with Crippen molar-refractivity contribution < 1.29 is 27.1 Å². The number of ether oxygens (including phenoxy) is 1. The van der Waals surface area contributed by atoms with Gasteiger partial charge >= 0.3 is 12.4 Å². The van der Waals surface area contributed by atoms with Crippen molar-refractivity contribution in [2.75, 3.05) is 18.5 Å². The highest BCUT2D eigenvalue weighted by Crippen LogP contribution is 2.25. The van der Waals surface area contributed by atoms with Crippen LogP contribution in [0.15, 0.2) is 73.1 Å².